The average molecular weight is 358 g/mol. The van der Waals surface area contributed by atoms with Gasteiger partial charge in [0, 0.05) is 18.1 Å². The molecule has 0 heterocycles. The summed E-state index contributed by atoms with van der Waals surface area (Å²) in [6.45, 7) is 0.227. The first-order chi connectivity index (χ1) is 9.90. The number of hydrogen-bond acceptors (Lipinski definition) is 1. The van der Waals surface area contributed by atoms with Crippen LogP contribution >= 0.6 is 15.9 Å². The van der Waals surface area contributed by atoms with Crippen LogP contribution in [0.25, 0.3) is 0 Å². The first-order valence-electron chi connectivity index (χ1n) is 6.03. The van der Waals surface area contributed by atoms with E-state index in [2.05, 4.69) is 15.9 Å². The van der Waals surface area contributed by atoms with Crippen molar-refractivity contribution in [1.29, 1.82) is 0 Å². The van der Waals surface area contributed by atoms with Crippen LogP contribution in [-0.2, 0) is 6.54 Å². The van der Waals surface area contributed by atoms with Gasteiger partial charge in [0.2, 0.25) is 0 Å². The van der Waals surface area contributed by atoms with Crippen LogP contribution in [0.4, 0.5) is 13.2 Å². The predicted octanol–water partition coefficient (Wildman–Crippen LogP) is 4.14. The summed E-state index contributed by atoms with van der Waals surface area (Å²) in [5.74, 6) is -5.14. The van der Waals surface area contributed by atoms with Gasteiger partial charge in [0.05, 0.1) is 5.56 Å². The largest absolute Gasteiger partial charge is 0.337 e. The van der Waals surface area contributed by atoms with Gasteiger partial charge in [-0.05, 0) is 29.8 Å². The van der Waals surface area contributed by atoms with Gasteiger partial charge in [-0.3, -0.25) is 4.79 Å². The van der Waals surface area contributed by atoms with Crippen molar-refractivity contribution in [2.75, 3.05) is 7.05 Å². The van der Waals surface area contributed by atoms with E-state index < -0.39 is 28.9 Å². The molecule has 21 heavy (non-hydrogen) atoms. The Morgan fingerprint density at radius 2 is 1.67 bits per heavy atom. The quantitative estimate of drug-likeness (QED) is 0.756. The molecule has 0 saturated heterocycles. The van der Waals surface area contributed by atoms with Gasteiger partial charge in [0.1, 0.15) is 0 Å². The van der Waals surface area contributed by atoms with Crippen LogP contribution in [0.3, 0.4) is 0 Å². The zero-order valence-corrected chi connectivity index (χ0v) is 12.6. The van der Waals surface area contributed by atoms with E-state index in [1.807, 2.05) is 12.1 Å². The van der Waals surface area contributed by atoms with Crippen LogP contribution in [0.2, 0.25) is 0 Å². The third kappa shape index (κ3) is 3.44. The Morgan fingerprint density at radius 1 is 1.05 bits per heavy atom. The Kier molecular flexibility index (Phi) is 4.67. The number of hydrogen-bond donors (Lipinski definition) is 0. The van der Waals surface area contributed by atoms with Crippen LogP contribution in [0, 0.1) is 17.5 Å². The van der Waals surface area contributed by atoms with Crippen LogP contribution in [0.15, 0.2) is 40.9 Å². The molecule has 2 aromatic carbocycles. The smallest absolute Gasteiger partial charge is 0.256 e. The van der Waals surface area contributed by atoms with E-state index in [9.17, 15) is 18.0 Å². The maximum Gasteiger partial charge on any atom is 0.256 e. The van der Waals surface area contributed by atoms with E-state index in [1.54, 1.807) is 12.1 Å². The molecule has 0 saturated carbocycles. The third-order valence-corrected chi connectivity index (χ3v) is 3.47. The maximum atomic E-state index is 13.6. The molecule has 0 aliphatic carbocycles. The molecule has 0 aliphatic rings. The van der Waals surface area contributed by atoms with Gasteiger partial charge < -0.3 is 4.90 Å². The van der Waals surface area contributed by atoms with Crippen molar-refractivity contribution in [2.45, 2.75) is 6.54 Å². The van der Waals surface area contributed by atoms with Gasteiger partial charge in [-0.1, -0.05) is 28.1 Å². The standard InChI is InChI=1S/C15H11BrF3NO/c1-20(8-9-2-4-10(16)5-3-9)15(21)11-6-7-12(17)14(19)13(11)18/h2-7H,8H2,1H3. The average Bonchev–Trinajstić information content (AvgIpc) is 2.46. The van der Waals surface area contributed by atoms with Gasteiger partial charge in [-0.15, -0.1) is 0 Å². The highest BCUT2D eigenvalue weighted by Crippen LogP contribution is 2.18. The Bertz CT molecular complexity index is 673. The summed E-state index contributed by atoms with van der Waals surface area (Å²) in [5.41, 5.74) is 0.338. The molecule has 2 nitrogen and oxygen atoms in total. The zero-order valence-electron chi connectivity index (χ0n) is 11.0. The fourth-order valence-electron chi connectivity index (χ4n) is 1.83. The Hall–Kier alpha value is -1.82. The number of benzene rings is 2. The molecule has 0 atom stereocenters. The molecule has 0 bridgehead atoms. The molecular weight excluding hydrogens is 347 g/mol. The van der Waals surface area contributed by atoms with Crippen molar-refractivity contribution in [3.05, 3.63) is 69.4 Å². The fraction of sp³-hybridized carbons (Fsp3) is 0.133. The second-order valence-corrected chi connectivity index (χ2v) is 5.43. The lowest BCUT2D eigenvalue weighted by atomic mass is 10.1. The summed E-state index contributed by atoms with van der Waals surface area (Å²) in [6, 6.07) is 8.90. The number of amides is 1. The molecule has 1 amide bonds. The molecule has 2 aromatic rings. The topological polar surface area (TPSA) is 20.3 Å². The number of carbonyl (C=O) groups excluding carboxylic acids is 1. The normalized spacial score (nSPS) is 10.5. The monoisotopic (exact) mass is 357 g/mol. The molecule has 2 rings (SSSR count). The summed E-state index contributed by atoms with van der Waals surface area (Å²) in [4.78, 5) is 13.3. The van der Waals surface area contributed by atoms with E-state index in [1.165, 1.54) is 11.9 Å². The Labute approximate surface area is 128 Å². The molecular formula is C15H11BrF3NO. The highest BCUT2D eigenvalue weighted by atomic mass is 79.9. The van der Waals surface area contributed by atoms with Crippen LogP contribution in [-0.4, -0.2) is 17.9 Å². The van der Waals surface area contributed by atoms with Gasteiger partial charge in [0.25, 0.3) is 5.91 Å². The molecule has 6 heteroatoms. The molecule has 0 unspecified atom stereocenters. The summed E-state index contributed by atoms with van der Waals surface area (Å²) in [5, 5.41) is 0. The number of carbonyl (C=O) groups is 1. The number of halogens is 4. The summed E-state index contributed by atoms with van der Waals surface area (Å²) in [7, 11) is 1.46. The van der Waals surface area contributed by atoms with Gasteiger partial charge in [0.15, 0.2) is 17.5 Å². The fourth-order valence-corrected chi connectivity index (χ4v) is 2.10. The second kappa shape index (κ2) is 6.30. The van der Waals surface area contributed by atoms with Crippen LogP contribution in [0.1, 0.15) is 15.9 Å². The molecule has 0 N–H and O–H groups in total. The lowest BCUT2D eigenvalue weighted by Gasteiger charge is -2.18. The van der Waals surface area contributed by atoms with E-state index in [0.717, 1.165) is 22.2 Å². The minimum absolute atomic E-state index is 0.227. The lowest BCUT2D eigenvalue weighted by Crippen LogP contribution is -2.27. The van der Waals surface area contributed by atoms with Gasteiger partial charge in [-0.25, -0.2) is 13.2 Å². The van der Waals surface area contributed by atoms with Crippen molar-refractivity contribution in [2.24, 2.45) is 0 Å². The minimum Gasteiger partial charge on any atom is -0.337 e. The van der Waals surface area contributed by atoms with E-state index in [4.69, 9.17) is 0 Å². The van der Waals surface area contributed by atoms with Crippen molar-refractivity contribution in [1.82, 2.24) is 4.90 Å². The summed E-state index contributed by atoms with van der Waals surface area (Å²) < 4.78 is 40.5. The van der Waals surface area contributed by atoms with Crippen LogP contribution < -0.4 is 0 Å². The van der Waals surface area contributed by atoms with Crippen molar-refractivity contribution in [3.63, 3.8) is 0 Å². The Balaban J connectivity index is 2.20. The van der Waals surface area contributed by atoms with E-state index in [0.29, 0.717) is 0 Å². The first kappa shape index (κ1) is 15.6. The van der Waals surface area contributed by atoms with Crippen molar-refractivity contribution >= 4 is 21.8 Å². The number of nitrogens with zero attached hydrogens (tertiary/aromatic N) is 1. The van der Waals surface area contributed by atoms with E-state index in [-0.39, 0.29) is 6.54 Å². The molecule has 0 aliphatic heterocycles. The Morgan fingerprint density at radius 3 is 2.29 bits per heavy atom. The highest BCUT2D eigenvalue weighted by molar-refractivity contribution is 9.10. The number of rotatable bonds is 3. The van der Waals surface area contributed by atoms with Gasteiger partial charge >= 0.3 is 0 Å². The minimum atomic E-state index is -1.64. The third-order valence-electron chi connectivity index (χ3n) is 2.95. The predicted molar refractivity (Wildman–Crippen MR) is 76.3 cm³/mol. The molecule has 0 spiro atoms. The maximum absolute atomic E-state index is 13.6. The van der Waals surface area contributed by atoms with Gasteiger partial charge in [-0.2, -0.15) is 0 Å². The molecule has 0 radical (unpaired) electrons. The summed E-state index contributed by atoms with van der Waals surface area (Å²) in [6.07, 6.45) is 0. The van der Waals surface area contributed by atoms with Crippen LogP contribution in [0.5, 0.6) is 0 Å². The first-order valence-corrected chi connectivity index (χ1v) is 6.83. The summed E-state index contributed by atoms with van der Waals surface area (Å²) >= 11 is 3.29. The molecule has 110 valence electrons. The van der Waals surface area contributed by atoms with Crippen molar-refractivity contribution < 1.29 is 18.0 Å². The van der Waals surface area contributed by atoms with E-state index >= 15 is 0 Å². The highest BCUT2D eigenvalue weighted by Gasteiger charge is 2.21. The second-order valence-electron chi connectivity index (χ2n) is 4.51. The molecule has 0 fully saturated rings. The lowest BCUT2D eigenvalue weighted by molar-refractivity contribution is 0.0779. The van der Waals surface area contributed by atoms with Crippen molar-refractivity contribution in [3.8, 4) is 0 Å². The SMILES string of the molecule is CN(Cc1ccc(Br)cc1)C(=O)c1ccc(F)c(F)c1F. The molecule has 0 aromatic heterocycles. The zero-order chi connectivity index (χ0) is 15.6.